The third kappa shape index (κ3) is 5.53. The van der Waals surface area contributed by atoms with Crippen LogP contribution in [0, 0.1) is 5.92 Å². The first-order valence-electron chi connectivity index (χ1n) is 11.9. The number of carbonyl (C=O) groups is 4. The number of imide groups is 1. The number of ether oxygens (including phenoxy) is 3. The summed E-state index contributed by atoms with van der Waals surface area (Å²) in [7, 11) is 1.20. The average molecular weight is 502 g/mol. The molecule has 2 unspecified atom stereocenters. The SMILES string of the molecule is COC(=O)[C@@H]1CC(C(CN)c2cn(C(=O)OC(C)(C)C)c3ccccc23)C(=O)N1C(=O)OC(C)(C)C. The standard InChI is InChI=1S/C26H35N3O7/c1-25(2,3)35-23(32)28-14-18(15-10-8-9-11-19(15)28)17(13-27)16-12-20(22(31)34-7)29(21(16)30)24(33)36-26(4,5)6/h8-11,14,16-17,20H,12-13,27H2,1-7H3/t16?,17?,20-/m0/s1. The summed E-state index contributed by atoms with van der Waals surface area (Å²) in [6, 6.07) is 6.08. The highest BCUT2D eigenvalue weighted by atomic mass is 16.6. The van der Waals surface area contributed by atoms with Gasteiger partial charge < -0.3 is 19.9 Å². The fourth-order valence-corrected chi connectivity index (χ4v) is 4.45. The molecule has 2 heterocycles. The molecule has 1 aliphatic heterocycles. The van der Waals surface area contributed by atoms with Crippen molar-refractivity contribution in [2.24, 2.45) is 11.7 Å². The van der Waals surface area contributed by atoms with E-state index in [0.29, 0.717) is 11.1 Å². The van der Waals surface area contributed by atoms with Crippen LogP contribution in [0.1, 0.15) is 59.4 Å². The van der Waals surface area contributed by atoms with Crippen LogP contribution in [0.15, 0.2) is 30.5 Å². The molecule has 0 radical (unpaired) electrons. The van der Waals surface area contributed by atoms with E-state index in [9.17, 15) is 19.2 Å². The second-order valence-corrected chi connectivity index (χ2v) is 10.9. The number of para-hydroxylation sites is 1. The smallest absolute Gasteiger partial charge is 0.419 e. The number of aromatic nitrogens is 1. The first-order chi connectivity index (χ1) is 16.7. The molecule has 1 fully saturated rings. The largest absolute Gasteiger partial charge is 0.467 e. The number of esters is 1. The van der Waals surface area contributed by atoms with Crippen molar-refractivity contribution in [1.29, 1.82) is 0 Å². The number of fused-ring (bicyclic) bond motifs is 1. The molecule has 3 atom stereocenters. The lowest BCUT2D eigenvalue weighted by atomic mass is 9.84. The molecule has 1 aromatic heterocycles. The van der Waals surface area contributed by atoms with Crippen LogP contribution in [-0.4, -0.2) is 64.4 Å². The highest BCUT2D eigenvalue weighted by Gasteiger charge is 2.51. The Hall–Kier alpha value is -3.40. The quantitative estimate of drug-likeness (QED) is 0.495. The lowest BCUT2D eigenvalue weighted by Gasteiger charge is -2.26. The van der Waals surface area contributed by atoms with E-state index in [1.54, 1.807) is 59.9 Å². The van der Waals surface area contributed by atoms with Crippen molar-refractivity contribution in [2.45, 2.75) is 71.1 Å². The molecule has 2 aromatic rings. The lowest BCUT2D eigenvalue weighted by Crippen LogP contribution is -2.46. The normalized spacial score (nSPS) is 19.3. The monoisotopic (exact) mass is 501 g/mol. The molecule has 2 amide bonds. The average Bonchev–Trinajstić information content (AvgIpc) is 3.31. The van der Waals surface area contributed by atoms with Crippen LogP contribution in [0.4, 0.5) is 9.59 Å². The van der Waals surface area contributed by atoms with Gasteiger partial charge in [-0.05, 0) is 59.6 Å². The fourth-order valence-electron chi connectivity index (χ4n) is 4.45. The third-order valence-electron chi connectivity index (χ3n) is 5.88. The highest BCUT2D eigenvalue weighted by Crippen LogP contribution is 2.40. The predicted octanol–water partition coefficient (Wildman–Crippen LogP) is 3.79. The molecule has 0 saturated carbocycles. The number of benzene rings is 1. The summed E-state index contributed by atoms with van der Waals surface area (Å²) in [5, 5.41) is 0.719. The molecule has 0 spiro atoms. The van der Waals surface area contributed by atoms with Gasteiger partial charge in [-0.15, -0.1) is 0 Å². The van der Waals surface area contributed by atoms with Crippen LogP contribution in [0.2, 0.25) is 0 Å². The van der Waals surface area contributed by atoms with Gasteiger partial charge >= 0.3 is 18.2 Å². The Balaban J connectivity index is 2.05. The number of hydrogen-bond donors (Lipinski definition) is 1. The maximum atomic E-state index is 13.6. The third-order valence-corrected chi connectivity index (χ3v) is 5.88. The van der Waals surface area contributed by atoms with Crippen LogP contribution in [0.3, 0.4) is 0 Å². The van der Waals surface area contributed by atoms with Gasteiger partial charge in [0, 0.05) is 30.0 Å². The Morgan fingerprint density at radius 1 is 1.03 bits per heavy atom. The fraction of sp³-hybridized carbons (Fsp3) is 0.538. The minimum Gasteiger partial charge on any atom is -0.467 e. The topological polar surface area (TPSA) is 130 Å². The van der Waals surface area contributed by atoms with Gasteiger partial charge in [0.2, 0.25) is 5.91 Å². The van der Waals surface area contributed by atoms with Gasteiger partial charge in [-0.3, -0.25) is 9.36 Å². The molecular formula is C26H35N3O7. The first-order valence-corrected chi connectivity index (χ1v) is 11.9. The first kappa shape index (κ1) is 27.2. The Morgan fingerprint density at radius 3 is 2.17 bits per heavy atom. The van der Waals surface area contributed by atoms with E-state index >= 15 is 0 Å². The zero-order valence-corrected chi connectivity index (χ0v) is 21.9. The minimum absolute atomic E-state index is 0.0125. The van der Waals surface area contributed by atoms with E-state index in [1.807, 2.05) is 12.1 Å². The van der Waals surface area contributed by atoms with Gasteiger partial charge in [0.1, 0.15) is 17.2 Å². The van der Waals surface area contributed by atoms with Crippen molar-refractivity contribution in [3.8, 4) is 0 Å². The summed E-state index contributed by atoms with van der Waals surface area (Å²) in [6.45, 7) is 10.4. The number of likely N-dealkylation sites (tertiary alicyclic amines) is 1. The number of hydrogen-bond acceptors (Lipinski definition) is 8. The van der Waals surface area contributed by atoms with Crippen molar-refractivity contribution < 1.29 is 33.4 Å². The van der Waals surface area contributed by atoms with Gasteiger partial charge in [-0.25, -0.2) is 19.3 Å². The van der Waals surface area contributed by atoms with Gasteiger partial charge in [0.25, 0.3) is 0 Å². The second kappa shape index (κ2) is 9.93. The molecule has 1 saturated heterocycles. The lowest BCUT2D eigenvalue weighted by molar-refractivity contribution is -0.148. The highest BCUT2D eigenvalue weighted by molar-refractivity contribution is 6.01. The van der Waals surface area contributed by atoms with E-state index in [0.717, 1.165) is 10.3 Å². The maximum Gasteiger partial charge on any atom is 0.419 e. The summed E-state index contributed by atoms with van der Waals surface area (Å²) in [5.41, 5.74) is 5.84. The van der Waals surface area contributed by atoms with Crippen molar-refractivity contribution in [2.75, 3.05) is 13.7 Å². The molecule has 196 valence electrons. The molecule has 1 aromatic carbocycles. The number of amides is 2. The molecule has 0 bridgehead atoms. The van der Waals surface area contributed by atoms with Crippen LogP contribution >= 0.6 is 0 Å². The van der Waals surface area contributed by atoms with Gasteiger partial charge in [-0.2, -0.15) is 0 Å². The summed E-state index contributed by atoms with van der Waals surface area (Å²) in [4.78, 5) is 52.8. The molecule has 36 heavy (non-hydrogen) atoms. The van der Waals surface area contributed by atoms with Gasteiger partial charge in [-0.1, -0.05) is 18.2 Å². The van der Waals surface area contributed by atoms with E-state index in [4.69, 9.17) is 19.9 Å². The van der Waals surface area contributed by atoms with E-state index in [-0.39, 0.29) is 13.0 Å². The van der Waals surface area contributed by atoms with Crippen molar-refractivity contribution in [1.82, 2.24) is 9.47 Å². The van der Waals surface area contributed by atoms with Gasteiger partial charge in [0.15, 0.2) is 0 Å². The Bertz CT molecular complexity index is 1170. The van der Waals surface area contributed by atoms with Crippen molar-refractivity contribution in [3.63, 3.8) is 0 Å². The van der Waals surface area contributed by atoms with Crippen molar-refractivity contribution in [3.05, 3.63) is 36.0 Å². The minimum atomic E-state index is -1.14. The van der Waals surface area contributed by atoms with Crippen LogP contribution in [0.5, 0.6) is 0 Å². The number of methoxy groups -OCH3 is 1. The maximum absolute atomic E-state index is 13.6. The summed E-state index contributed by atoms with van der Waals surface area (Å²) >= 11 is 0. The van der Waals surface area contributed by atoms with Crippen LogP contribution in [0.25, 0.3) is 10.9 Å². The van der Waals surface area contributed by atoms with Crippen molar-refractivity contribution >= 4 is 35.0 Å². The van der Waals surface area contributed by atoms with E-state index < -0.39 is 53.1 Å². The molecule has 1 aliphatic rings. The Morgan fingerprint density at radius 2 is 1.61 bits per heavy atom. The molecule has 10 nitrogen and oxygen atoms in total. The Labute approximate surface area is 210 Å². The molecular weight excluding hydrogens is 466 g/mol. The number of nitrogens with two attached hydrogens (primary N) is 1. The Kier molecular flexibility index (Phi) is 7.50. The molecule has 10 heteroatoms. The van der Waals surface area contributed by atoms with Crippen LogP contribution < -0.4 is 5.73 Å². The second-order valence-electron chi connectivity index (χ2n) is 10.9. The van der Waals surface area contributed by atoms with Crippen LogP contribution in [-0.2, 0) is 23.8 Å². The number of nitrogens with zero attached hydrogens (tertiary/aromatic N) is 2. The summed E-state index contributed by atoms with van der Waals surface area (Å²) in [5.74, 6) is -2.71. The summed E-state index contributed by atoms with van der Waals surface area (Å²) in [6.07, 6.45) is 0.143. The number of carbonyl (C=O) groups excluding carboxylic acids is 4. The van der Waals surface area contributed by atoms with E-state index in [1.165, 1.54) is 11.7 Å². The zero-order valence-electron chi connectivity index (χ0n) is 21.9. The number of rotatable bonds is 4. The zero-order chi connectivity index (χ0) is 27.0. The van der Waals surface area contributed by atoms with Gasteiger partial charge in [0.05, 0.1) is 12.6 Å². The summed E-state index contributed by atoms with van der Waals surface area (Å²) < 4.78 is 17.2. The molecule has 2 N–H and O–H groups in total. The predicted molar refractivity (Wildman–Crippen MR) is 132 cm³/mol. The molecule has 3 rings (SSSR count). The van der Waals surface area contributed by atoms with E-state index in [2.05, 4.69) is 0 Å². The molecule has 0 aliphatic carbocycles.